The molecule has 0 spiro atoms. The monoisotopic (exact) mass is 477 g/mol. The Kier molecular flexibility index (Phi) is 7.15. The minimum Gasteiger partial charge on any atom is -0.493 e. The van der Waals surface area contributed by atoms with E-state index in [1.54, 1.807) is 24.3 Å². The van der Waals surface area contributed by atoms with Crippen molar-refractivity contribution in [2.75, 3.05) is 19.0 Å². The molecule has 0 saturated carbocycles. The third kappa shape index (κ3) is 5.19. The Hall–Kier alpha value is -3.11. The van der Waals surface area contributed by atoms with Crippen molar-refractivity contribution in [3.05, 3.63) is 56.9 Å². The number of anilines is 1. The molecule has 2 aromatic carbocycles. The van der Waals surface area contributed by atoms with Crippen molar-refractivity contribution in [3.8, 4) is 23.6 Å². The first-order chi connectivity index (χ1) is 13.0. The highest BCUT2D eigenvalue weighted by atomic mass is 127. The summed E-state index contributed by atoms with van der Waals surface area (Å²) in [6, 6.07) is 12.6. The van der Waals surface area contributed by atoms with Gasteiger partial charge in [0.05, 0.1) is 16.4 Å². The van der Waals surface area contributed by atoms with Crippen LogP contribution in [0.25, 0.3) is 6.08 Å². The van der Waals surface area contributed by atoms with E-state index in [2.05, 4.69) is 5.32 Å². The van der Waals surface area contributed by atoms with Crippen molar-refractivity contribution in [1.29, 1.82) is 10.5 Å². The third-order valence-electron chi connectivity index (χ3n) is 3.33. The number of nitrogens with one attached hydrogen (secondary N) is 1. The SMILES string of the molecule is COc1cc(/C=C(/C#N)C(=O)Nc2ccccc2F)cc(I)c1OCC#N. The van der Waals surface area contributed by atoms with E-state index < -0.39 is 11.7 Å². The van der Waals surface area contributed by atoms with Crippen molar-refractivity contribution >= 4 is 40.3 Å². The van der Waals surface area contributed by atoms with Crippen LogP contribution in [0, 0.1) is 32.0 Å². The summed E-state index contributed by atoms with van der Waals surface area (Å²) < 4.78 is 24.9. The number of halogens is 2. The van der Waals surface area contributed by atoms with Crippen LogP contribution in [0.2, 0.25) is 0 Å². The van der Waals surface area contributed by atoms with Crippen LogP contribution in [0.3, 0.4) is 0 Å². The minimum absolute atomic E-state index is 0.0175. The number of benzene rings is 2. The van der Waals surface area contributed by atoms with Gasteiger partial charge >= 0.3 is 0 Å². The van der Waals surface area contributed by atoms with Gasteiger partial charge in [0.1, 0.15) is 23.5 Å². The molecule has 0 atom stereocenters. The molecule has 2 aromatic rings. The number of hydrogen-bond donors (Lipinski definition) is 1. The summed E-state index contributed by atoms with van der Waals surface area (Å²) in [5.74, 6) is -0.582. The van der Waals surface area contributed by atoms with Crippen molar-refractivity contribution in [3.63, 3.8) is 0 Å². The van der Waals surface area contributed by atoms with E-state index in [1.165, 1.54) is 31.4 Å². The Morgan fingerprint density at radius 2 is 2.07 bits per heavy atom. The molecule has 0 unspecified atom stereocenters. The molecular weight excluding hydrogens is 464 g/mol. The number of nitrogens with zero attached hydrogens (tertiary/aromatic N) is 2. The highest BCUT2D eigenvalue weighted by molar-refractivity contribution is 14.1. The molecule has 0 aromatic heterocycles. The van der Waals surface area contributed by atoms with Crippen LogP contribution in [0.4, 0.5) is 10.1 Å². The maximum absolute atomic E-state index is 13.7. The number of carbonyl (C=O) groups excluding carboxylic acids is 1. The number of ether oxygens (including phenoxy) is 2. The fourth-order valence-electron chi connectivity index (χ4n) is 2.14. The Morgan fingerprint density at radius 1 is 1.33 bits per heavy atom. The smallest absolute Gasteiger partial charge is 0.266 e. The van der Waals surface area contributed by atoms with Gasteiger partial charge in [0.2, 0.25) is 0 Å². The average molecular weight is 477 g/mol. The van der Waals surface area contributed by atoms with Gasteiger partial charge in [-0.1, -0.05) is 12.1 Å². The number of carbonyl (C=O) groups is 1. The van der Waals surface area contributed by atoms with E-state index in [4.69, 9.17) is 14.7 Å². The van der Waals surface area contributed by atoms with Gasteiger partial charge in [-0.25, -0.2) is 4.39 Å². The first kappa shape index (κ1) is 20.2. The van der Waals surface area contributed by atoms with E-state index in [9.17, 15) is 14.4 Å². The van der Waals surface area contributed by atoms with Crippen LogP contribution in [-0.4, -0.2) is 19.6 Å². The fourth-order valence-corrected chi connectivity index (χ4v) is 2.92. The molecule has 8 heteroatoms. The standard InChI is InChI=1S/C19H13FIN3O3/c1-26-17-10-12(9-15(21)18(17)27-7-6-22)8-13(11-23)19(25)24-16-5-3-2-4-14(16)20/h2-5,8-10H,7H2,1H3,(H,24,25)/b13-8-. The van der Waals surface area contributed by atoms with Crippen molar-refractivity contribution < 1.29 is 18.7 Å². The van der Waals surface area contributed by atoms with Crippen LogP contribution >= 0.6 is 22.6 Å². The Balaban J connectivity index is 2.33. The van der Waals surface area contributed by atoms with Gasteiger partial charge < -0.3 is 14.8 Å². The van der Waals surface area contributed by atoms with Crippen molar-refractivity contribution in [2.45, 2.75) is 0 Å². The molecule has 0 aliphatic carbocycles. The quantitative estimate of drug-likeness (QED) is 0.387. The normalized spacial score (nSPS) is 10.5. The maximum atomic E-state index is 13.7. The van der Waals surface area contributed by atoms with Gasteiger partial charge in [-0.15, -0.1) is 0 Å². The summed E-state index contributed by atoms with van der Waals surface area (Å²) in [7, 11) is 1.44. The van der Waals surface area contributed by atoms with Crippen LogP contribution < -0.4 is 14.8 Å². The Morgan fingerprint density at radius 3 is 2.70 bits per heavy atom. The number of nitriles is 2. The largest absolute Gasteiger partial charge is 0.493 e. The highest BCUT2D eigenvalue weighted by Gasteiger charge is 2.15. The second-order valence-electron chi connectivity index (χ2n) is 5.08. The lowest BCUT2D eigenvalue weighted by atomic mass is 10.1. The molecule has 0 heterocycles. The molecule has 2 rings (SSSR count). The van der Waals surface area contributed by atoms with E-state index in [1.807, 2.05) is 28.7 Å². The van der Waals surface area contributed by atoms with Crippen LogP contribution in [0.15, 0.2) is 42.0 Å². The molecule has 0 saturated heterocycles. The molecule has 0 aliphatic heterocycles. The second-order valence-corrected chi connectivity index (χ2v) is 6.25. The second kappa shape index (κ2) is 9.55. The van der Waals surface area contributed by atoms with E-state index >= 15 is 0 Å². The molecule has 1 N–H and O–H groups in total. The average Bonchev–Trinajstić information content (AvgIpc) is 2.66. The molecule has 27 heavy (non-hydrogen) atoms. The molecular formula is C19H13FIN3O3. The molecule has 0 aliphatic rings. The summed E-state index contributed by atoms with van der Waals surface area (Å²) in [6.07, 6.45) is 1.36. The molecule has 0 bridgehead atoms. The number of rotatable bonds is 6. The lowest BCUT2D eigenvalue weighted by Crippen LogP contribution is -2.14. The number of hydrogen-bond acceptors (Lipinski definition) is 5. The Labute approximate surface area is 169 Å². The zero-order valence-corrected chi connectivity index (χ0v) is 16.3. The minimum atomic E-state index is -0.735. The lowest BCUT2D eigenvalue weighted by molar-refractivity contribution is -0.112. The van der Waals surface area contributed by atoms with E-state index in [-0.39, 0.29) is 17.9 Å². The summed E-state index contributed by atoms with van der Waals surface area (Å²) in [4.78, 5) is 12.3. The number of methoxy groups -OCH3 is 1. The summed E-state index contributed by atoms with van der Waals surface area (Å²) in [5, 5.41) is 20.3. The van der Waals surface area contributed by atoms with Crippen LogP contribution in [0.1, 0.15) is 5.56 Å². The summed E-state index contributed by atoms with van der Waals surface area (Å²) >= 11 is 2.00. The molecule has 0 radical (unpaired) electrons. The number of para-hydroxylation sites is 1. The first-order valence-electron chi connectivity index (χ1n) is 7.55. The zero-order chi connectivity index (χ0) is 19.8. The Bertz CT molecular complexity index is 977. The number of amides is 1. The molecule has 1 amide bonds. The van der Waals surface area contributed by atoms with E-state index in [0.29, 0.717) is 20.6 Å². The topological polar surface area (TPSA) is 95.1 Å². The predicted octanol–water partition coefficient (Wildman–Crippen LogP) is 3.89. The molecule has 6 nitrogen and oxygen atoms in total. The predicted molar refractivity (Wildman–Crippen MR) is 105 cm³/mol. The zero-order valence-electron chi connectivity index (χ0n) is 14.1. The van der Waals surface area contributed by atoms with E-state index in [0.717, 1.165) is 0 Å². The lowest BCUT2D eigenvalue weighted by Gasteiger charge is -2.12. The highest BCUT2D eigenvalue weighted by Crippen LogP contribution is 2.34. The van der Waals surface area contributed by atoms with Crippen LogP contribution in [-0.2, 0) is 4.79 Å². The molecule has 136 valence electrons. The summed E-state index contributed by atoms with van der Waals surface area (Å²) in [5.41, 5.74) is 0.290. The maximum Gasteiger partial charge on any atom is 0.266 e. The molecule has 0 fully saturated rings. The first-order valence-corrected chi connectivity index (χ1v) is 8.63. The van der Waals surface area contributed by atoms with Gasteiger partial charge in [0.25, 0.3) is 5.91 Å². The van der Waals surface area contributed by atoms with Crippen molar-refractivity contribution in [2.24, 2.45) is 0 Å². The van der Waals surface area contributed by atoms with Gasteiger partial charge in [-0.05, 0) is 58.5 Å². The van der Waals surface area contributed by atoms with Gasteiger partial charge in [-0.2, -0.15) is 10.5 Å². The van der Waals surface area contributed by atoms with Gasteiger partial charge in [-0.3, -0.25) is 4.79 Å². The van der Waals surface area contributed by atoms with Crippen molar-refractivity contribution in [1.82, 2.24) is 0 Å². The fraction of sp³-hybridized carbons (Fsp3) is 0.105. The summed E-state index contributed by atoms with van der Waals surface area (Å²) in [6.45, 7) is -0.143. The van der Waals surface area contributed by atoms with Crippen LogP contribution in [0.5, 0.6) is 11.5 Å². The van der Waals surface area contributed by atoms with Gasteiger partial charge in [0, 0.05) is 0 Å². The van der Waals surface area contributed by atoms with Gasteiger partial charge in [0.15, 0.2) is 18.1 Å². The third-order valence-corrected chi connectivity index (χ3v) is 4.13.